The van der Waals surface area contributed by atoms with Crippen LogP contribution in [0.1, 0.15) is 40.3 Å². The molecule has 0 amide bonds. The Morgan fingerprint density at radius 1 is 1.00 bits per heavy atom. The van der Waals surface area contributed by atoms with Gasteiger partial charge in [0, 0.05) is 40.1 Å². The third kappa shape index (κ3) is 3.32. The van der Waals surface area contributed by atoms with Gasteiger partial charge >= 0.3 is 0 Å². The van der Waals surface area contributed by atoms with Gasteiger partial charge in [0.15, 0.2) is 6.20 Å². The Kier molecular flexibility index (Phi) is 4.80. The minimum atomic E-state index is -0.0698. The second kappa shape index (κ2) is 8.10. The van der Waals surface area contributed by atoms with Gasteiger partial charge in [0.2, 0.25) is 17.1 Å². The monoisotopic (exact) mass is 482 g/mol. The number of aryl methyl sites for hydroxylation is 3. The molecule has 0 saturated heterocycles. The molecule has 4 heteroatoms. The van der Waals surface area contributed by atoms with Crippen LogP contribution in [-0.2, 0) is 6.42 Å². The van der Waals surface area contributed by atoms with Gasteiger partial charge < -0.3 is 4.42 Å². The number of rotatable bonds is 1. The number of hydrogen-bond donors (Lipinski definition) is 0. The van der Waals surface area contributed by atoms with Gasteiger partial charge in [-0.05, 0) is 80.3 Å². The summed E-state index contributed by atoms with van der Waals surface area (Å²) in [4.78, 5) is 9.87. The summed E-state index contributed by atoms with van der Waals surface area (Å²) < 4.78 is 8.50. The molecule has 5 heterocycles. The first-order valence-corrected chi connectivity index (χ1v) is 12.9. The number of aliphatic imine (C=N–C) groups is 1. The number of nitrogens with zero attached hydrogens (tertiary/aromatic N) is 3. The summed E-state index contributed by atoms with van der Waals surface area (Å²) in [5.74, 6) is 0.218. The maximum atomic E-state index is 6.26. The van der Waals surface area contributed by atoms with E-state index in [4.69, 9.17) is 9.41 Å². The fraction of sp³-hybridized carbons (Fsp3) is 0.182. The Balaban J connectivity index is 1.50. The Morgan fingerprint density at radius 2 is 1.86 bits per heavy atom. The fourth-order valence-electron chi connectivity index (χ4n) is 6.11. The van der Waals surface area contributed by atoms with E-state index in [1.54, 1.807) is 0 Å². The van der Waals surface area contributed by atoms with Gasteiger partial charge in [-0.25, -0.2) is 4.98 Å². The van der Waals surface area contributed by atoms with E-state index in [2.05, 4.69) is 90.4 Å². The van der Waals surface area contributed by atoms with E-state index in [0.717, 1.165) is 52.0 Å². The lowest BCUT2D eigenvalue weighted by molar-refractivity contribution is -0.572. The summed E-state index contributed by atoms with van der Waals surface area (Å²) in [7, 11) is 0. The molecule has 5 aromatic rings. The van der Waals surface area contributed by atoms with Crippen molar-refractivity contribution in [2.24, 2.45) is 4.99 Å². The lowest BCUT2D eigenvalue weighted by atomic mass is 9.79. The first-order chi connectivity index (χ1) is 18.0. The summed E-state index contributed by atoms with van der Waals surface area (Å²) in [5.41, 5.74) is 11.8. The summed E-state index contributed by atoms with van der Waals surface area (Å²) >= 11 is 0. The highest BCUT2D eigenvalue weighted by Crippen LogP contribution is 2.41. The van der Waals surface area contributed by atoms with Crippen molar-refractivity contribution in [2.75, 3.05) is 0 Å². The number of benzene rings is 2. The van der Waals surface area contributed by atoms with Gasteiger partial charge in [0.25, 0.3) is 0 Å². The molecule has 3 aromatic heterocycles. The van der Waals surface area contributed by atoms with Crippen LogP contribution in [0, 0.1) is 13.8 Å². The molecule has 4 nitrogen and oxygen atoms in total. The van der Waals surface area contributed by atoms with E-state index in [9.17, 15) is 0 Å². The first kappa shape index (κ1) is 21.9. The SMILES string of the molecule is C=CC1=NC2C(=C)[n+]3ccc(C)cc3-c3cc4c(cc3CCC2c2ccccc21)oc1nc(C)ccc14. The third-order valence-electron chi connectivity index (χ3n) is 7.95. The van der Waals surface area contributed by atoms with E-state index in [1.165, 1.54) is 27.8 Å². The van der Waals surface area contributed by atoms with Crippen molar-refractivity contribution in [1.82, 2.24) is 4.98 Å². The van der Waals surface area contributed by atoms with Crippen molar-refractivity contribution >= 4 is 33.5 Å². The average Bonchev–Trinajstić information content (AvgIpc) is 3.27. The molecular weight excluding hydrogens is 454 g/mol. The van der Waals surface area contributed by atoms with Crippen LogP contribution in [0.5, 0.6) is 0 Å². The largest absolute Gasteiger partial charge is 0.438 e. The summed E-state index contributed by atoms with van der Waals surface area (Å²) in [6, 6.07) is 21.6. The van der Waals surface area contributed by atoms with Crippen LogP contribution in [0.25, 0.3) is 39.0 Å². The normalized spacial score (nSPS) is 18.6. The third-order valence-corrected chi connectivity index (χ3v) is 7.95. The molecule has 0 aliphatic carbocycles. The Bertz CT molecular complexity index is 1810. The summed E-state index contributed by atoms with van der Waals surface area (Å²) in [6.45, 7) is 12.8. The maximum Gasteiger partial charge on any atom is 0.227 e. The van der Waals surface area contributed by atoms with Crippen LogP contribution in [0.4, 0.5) is 0 Å². The standard InChI is InChI=1S/C33H28N3O/c1-5-29-24-9-7-6-8-23(24)25-13-11-22-17-31-28(26-12-10-20(3)34-33(26)37-31)18-27(22)30-16-19(2)14-15-36(30)21(4)32(25)35-29/h5-10,12,14-18,25,32H,1,4,11,13H2,2-3H3/q+1. The van der Waals surface area contributed by atoms with Crippen LogP contribution >= 0.6 is 0 Å². The van der Waals surface area contributed by atoms with Gasteiger partial charge in [0.05, 0.1) is 11.3 Å². The van der Waals surface area contributed by atoms with Crippen LogP contribution < -0.4 is 4.57 Å². The molecule has 0 radical (unpaired) electrons. The zero-order valence-corrected chi connectivity index (χ0v) is 21.2. The van der Waals surface area contributed by atoms with Crippen LogP contribution in [0.3, 0.4) is 0 Å². The molecule has 2 aromatic carbocycles. The molecule has 7 rings (SSSR count). The molecule has 2 aliphatic rings. The average molecular weight is 483 g/mol. The molecule has 0 saturated carbocycles. The van der Waals surface area contributed by atoms with Gasteiger partial charge in [0.1, 0.15) is 11.6 Å². The predicted molar refractivity (Wildman–Crippen MR) is 150 cm³/mol. The summed E-state index contributed by atoms with van der Waals surface area (Å²) in [5, 5.41) is 2.14. The number of allylic oxidation sites excluding steroid dienone is 1. The van der Waals surface area contributed by atoms with E-state index < -0.39 is 0 Å². The van der Waals surface area contributed by atoms with Gasteiger partial charge in [-0.3, -0.25) is 4.99 Å². The number of pyridine rings is 2. The van der Waals surface area contributed by atoms with Gasteiger partial charge in [-0.1, -0.05) is 30.8 Å². The van der Waals surface area contributed by atoms with E-state index in [1.807, 2.05) is 19.1 Å². The van der Waals surface area contributed by atoms with Gasteiger partial charge in [-0.15, -0.1) is 0 Å². The fourth-order valence-corrected chi connectivity index (χ4v) is 6.11. The number of furan rings is 1. The molecule has 37 heavy (non-hydrogen) atoms. The highest BCUT2D eigenvalue weighted by atomic mass is 16.3. The second-order valence-electron chi connectivity index (χ2n) is 10.3. The van der Waals surface area contributed by atoms with Crippen molar-refractivity contribution in [3.63, 3.8) is 0 Å². The maximum absolute atomic E-state index is 6.26. The zero-order chi connectivity index (χ0) is 25.3. The zero-order valence-electron chi connectivity index (χ0n) is 21.2. The minimum Gasteiger partial charge on any atom is -0.438 e. The van der Waals surface area contributed by atoms with E-state index >= 15 is 0 Å². The molecule has 2 aliphatic heterocycles. The van der Waals surface area contributed by atoms with E-state index in [-0.39, 0.29) is 12.0 Å². The second-order valence-corrected chi connectivity index (χ2v) is 10.3. The molecule has 0 bridgehead atoms. The Hall–Kier alpha value is -4.31. The minimum absolute atomic E-state index is 0.0698. The van der Waals surface area contributed by atoms with Crippen molar-refractivity contribution < 1.29 is 8.98 Å². The van der Waals surface area contributed by atoms with Crippen molar-refractivity contribution in [1.29, 1.82) is 0 Å². The highest BCUT2D eigenvalue weighted by Gasteiger charge is 2.38. The van der Waals surface area contributed by atoms with Gasteiger partial charge in [-0.2, -0.15) is 4.57 Å². The van der Waals surface area contributed by atoms with Crippen LogP contribution in [-0.4, -0.2) is 16.7 Å². The predicted octanol–water partition coefficient (Wildman–Crippen LogP) is 7.11. The molecule has 2 atom stereocenters. The number of aromatic nitrogens is 2. The van der Waals surface area contributed by atoms with Crippen molar-refractivity contribution in [2.45, 2.75) is 38.6 Å². The first-order valence-electron chi connectivity index (χ1n) is 12.9. The number of fused-ring (bicyclic) bond motifs is 9. The molecular formula is C33H28N3O+. The molecule has 0 fully saturated rings. The molecule has 0 N–H and O–H groups in total. The molecule has 2 unspecified atom stereocenters. The Morgan fingerprint density at radius 3 is 2.73 bits per heavy atom. The van der Waals surface area contributed by atoms with Crippen molar-refractivity contribution in [3.05, 3.63) is 114 Å². The van der Waals surface area contributed by atoms with E-state index in [0.29, 0.717) is 5.71 Å². The Labute approximate surface area is 216 Å². The quantitative estimate of drug-likeness (QED) is 0.239. The van der Waals surface area contributed by atoms with Crippen LogP contribution in [0.2, 0.25) is 0 Å². The van der Waals surface area contributed by atoms with Crippen molar-refractivity contribution in [3.8, 4) is 11.3 Å². The molecule has 180 valence electrons. The highest BCUT2D eigenvalue weighted by molar-refractivity contribution is 6.10. The number of hydrogen-bond acceptors (Lipinski definition) is 3. The van der Waals surface area contributed by atoms with Crippen LogP contribution in [0.15, 0.2) is 95.5 Å². The smallest absolute Gasteiger partial charge is 0.227 e. The lowest BCUT2D eigenvalue weighted by Gasteiger charge is -2.30. The lowest BCUT2D eigenvalue weighted by Crippen LogP contribution is -2.42. The topological polar surface area (TPSA) is 42.3 Å². The summed E-state index contributed by atoms with van der Waals surface area (Å²) in [6.07, 6.45) is 5.88. The molecule has 0 spiro atoms.